The Labute approximate surface area is 186 Å². The first-order chi connectivity index (χ1) is 13.3. The van der Waals surface area contributed by atoms with Crippen molar-refractivity contribution in [1.82, 2.24) is 0 Å². The van der Waals surface area contributed by atoms with Gasteiger partial charge in [0.1, 0.15) is 0 Å². The average molecular weight is 407 g/mol. The van der Waals surface area contributed by atoms with Crippen LogP contribution in [-0.4, -0.2) is 0 Å². The Morgan fingerprint density at radius 1 is 0.690 bits per heavy atom. The fraction of sp³-hybridized carbons (Fsp3) is 1.00. The van der Waals surface area contributed by atoms with Crippen LogP contribution in [-0.2, 0) is 0 Å². The second-order valence-electron chi connectivity index (χ2n) is 13.8. The minimum absolute atomic E-state index is 0.439. The summed E-state index contributed by atoms with van der Waals surface area (Å²) in [6, 6.07) is 0. The molecule has 0 spiro atoms. The van der Waals surface area contributed by atoms with Gasteiger partial charge in [-0.05, 0) is 65.6 Å². The van der Waals surface area contributed by atoms with Gasteiger partial charge in [-0.25, -0.2) is 0 Å². The van der Waals surface area contributed by atoms with E-state index < -0.39 is 0 Å². The number of rotatable bonds is 5. The number of hydrogen-bond acceptors (Lipinski definition) is 0. The number of hydrogen-bond donors (Lipinski definition) is 0. The molecule has 4 unspecified atom stereocenters. The molecule has 174 valence electrons. The summed E-state index contributed by atoms with van der Waals surface area (Å²) in [4.78, 5) is 0. The summed E-state index contributed by atoms with van der Waals surface area (Å²) in [6.45, 7) is 24.5. The van der Waals surface area contributed by atoms with Gasteiger partial charge in [0.05, 0.1) is 0 Å². The third-order valence-corrected chi connectivity index (χ3v) is 8.28. The Morgan fingerprint density at radius 2 is 1.17 bits per heavy atom. The van der Waals surface area contributed by atoms with E-state index in [0.29, 0.717) is 16.2 Å². The van der Waals surface area contributed by atoms with E-state index in [2.05, 4.69) is 69.2 Å². The van der Waals surface area contributed by atoms with Crippen LogP contribution in [0.15, 0.2) is 0 Å². The summed E-state index contributed by atoms with van der Waals surface area (Å²) in [7, 11) is 0. The van der Waals surface area contributed by atoms with Crippen LogP contribution in [0.25, 0.3) is 0 Å². The molecule has 0 N–H and O–H groups in total. The molecule has 0 aromatic rings. The normalized spacial score (nSPS) is 25.9. The molecule has 4 atom stereocenters. The summed E-state index contributed by atoms with van der Waals surface area (Å²) in [5, 5.41) is 0. The van der Waals surface area contributed by atoms with Crippen LogP contribution >= 0.6 is 0 Å². The monoisotopic (exact) mass is 406 g/mol. The maximum Gasteiger partial charge on any atom is -0.0334 e. The molecule has 2 saturated carbocycles. The maximum atomic E-state index is 2.49. The van der Waals surface area contributed by atoms with E-state index in [1.807, 2.05) is 0 Å². The zero-order valence-corrected chi connectivity index (χ0v) is 22.3. The lowest BCUT2D eigenvalue weighted by molar-refractivity contribution is 0.0787. The van der Waals surface area contributed by atoms with Crippen molar-refractivity contribution in [3.05, 3.63) is 0 Å². The molecule has 0 heterocycles. The largest absolute Gasteiger partial charge is 0.0654 e. The van der Waals surface area contributed by atoms with Crippen molar-refractivity contribution in [2.24, 2.45) is 39.9 Å². The van der Waals surface area contributed by atoms with Gasteiger partial charge in [0.2, 0.25) is 0 Å². The molecule has 0 aliphatic heterocycles. The Morgan fingerprint density at radius 3 is 1.48 bits per heavy atom. The Kier molecular flexibility index (Phi) is 10.8. The van der Waals surface area contributed by atoms with Crippen LogP contribution in [0.3, 0.4) is 0 Å². The van der Waals surface area contributed by atoms with Crippen molar-refractivity contribution in [3.8, 4) is 0 Å². The smallest absolute Gasteiger partial charge is 0.0334 e. The highest BCUT2D eigenvalue weighted by Crippen LogP contribution is 2.51. The molecule has 2 rings (SSSR count). The standard InChI is InChI=1S/C23H46.C6H12/c1-11-12-18(21(2,3)4)16-20(23(8,9)10)17-13-14-19(15-17)22(5,6)7;1-2-4-6-5-3-1/h17-20H,11-16H2,1-10H3;1-6H2. The van der Waals surface area contributed by atoms with Gasteiger partial charge in [0.15, 0.2) is 0 Å². The fourth-order valence-corrected chi connectivity index (χ4v) is 6.04. The van der Waals surface area contributed by atoms with Crippen molar-refractivity contribution in [3.63, 3.8) is 0 Å². The van der Waals surface area contributed by atoms with Gasteiger partial charge >= 0.3 is 0 Å². The predicted octanol–water partition coefficient (Wildman–Crippen LogP) is 10.3. The van der Waals surface area contributed by atoms with E-state index in [4.69, 9.17) is 0 Å². The molecule has 2 aliphatic carbocycles. The van der Waals surface area contributed by atoms with Gasteiger partial charge in [0, 0.05) is 0 Å². The fourth-order valence-electron chi connectivity index (χ4n) is 6.04. The lowest BCUT2D eigenvalue weighted by Crippen LogP contribution is -2.33. The Bertz CT molecular complexity index is 409. The molecular formula is C29H58. The third-order valence-electron chi connectivity index (χ3n) is 8.28. The zero-order chi connectivity index (χ0) is 22.3. The van der Waals surface area contributed by atoms with Gasteiger partial charge in [-0.2, -0.15) is 0 Å². The lowest BCUT2D eigenvalue weighted by Gasteiger charge is -2.42. The van der Waals surface area contributed by atoms with E-state index in [-0.39, 0.29) is 0 Å². The van der Waals surface area contributed by atoms with Crippen LogP contribution < -0.4 is 0 Å². The first-order valence-electron chi connectivity index (χ1n) is 13.3. The molecule has 0 aromatic heterocycles. The van der Waals surface area contributed by atoms with Gasteiger partial charge < -0.3 is 0 Å². The van der Waals surface area contributed by atoms with Gasteiger partial charge in [0.25, 0.3) is 0 Å². The van der Waals surface area contributed by atoms with Crippen LogP contribution in [0.1, 0.15) is 146 Å². The summed E-state index contributed by atoms with van der Waals surface area (Å²) < 4.78 is 0. The molecule has 0 nitrogen and oxygen atoms in total. The molecule has 0 heteroatoms. The van der Waals surface area contributed by atoms with Gasteiger partial charge in [-0.1, -0.05) is 121 Å². The minimum atomic E-state index is 0.439. The second-order valence-corrected chi connectivity index (χ2v) is 13.8. The highest BCUT2D eigenvalue weighted by Gasteiger charge is 2.42. The van der Waals surface area contributed by atoms with E-state index in [0.717, 1.165) is 23.7 Å². The van der Waals surface area contributed by atoms with E-state index in [1.165, 1.54) is 77.0 Å². The molecular weight excluding hydrogens is 348 g/mol. The van der Waals surface area contributed by atoms with E-state index in [9.17, 15) is 0 Å². The van der Waals surface area contributed by atoms with Crippen molar-refractivity contribution >= 4 is 0 Å². The highest BCUT2D eigenvalue weighted by atomic mass is 14.5. The zero-order valence-electron chi connectivity index (χ0n) is 22.3. The summed E-state index contributed by atoms with van der Waals surface area (Å²) >= 11 is 0. The van der Waals surface area contributed by atoms with Crippen molar-refractivity contribution < 1.29 is 0 Å². The molecule has 0 amide bonds. The summed E-state index contributed by atoms with van der Waals surface area (Å²) in [5.74, 6) is 3.62. The predicted molar refractivity (Wildman–Crippen MR) is 133 cm³/mol. The SMILES string of the molecule is C1CCCCC1.CCCC(CC(C1CCC(C(C)(C)C)C1)C(C)(C)C)C(C)(C)C. The first kappa shape index (κ1) is 27.0. The van der Waals surface area contributed by atoms with Crippen molar-refractivity contribution in [2.45, 2.75) is 146 Å². The molecule has 0 bridgehead atoms. The first-order valence-corrected chi connectivity index (χ1v) is 13.3. The molecule has 2 aliphatic rings. The molecule has 29 heavy (non-hydrogen) atoms. The minimum Gasteiger partial charge on any atom is -0.0654 e. The quantitative estimate of drug-likeness (QED) is 0.426. The van der Waals surface area contributed by atoms with Crippen LogP contribution in [0.2, 0.25) is 0 Å². The van der Waals surface area contributed by atoms with Crippen LogP contribution in [0.4, 0.5) is 0 Å². The van der Waals surface area contributed by atoms with E-state index in [1.54, 1.807) is 0 Å². The van der Waals surface area contributed by atoms with Crippen LogP contribution in [0.5, 0.6) is 0 Å². The summed E-state index contributed by atoms with van der Waals surface area (Å²) in [5.41, 5.74) is 1.38. The van der Waals surface area contributed by atoms with Gasteiger partial charge in [-0.3, -0.25) is 0 Å². The highest BCUT2D eigenvalue weighted by molar-refractivity contribution is 4.92. The molecule has 0 radical (unpaired) electrons. The molecule has 0 saturated heterocycles. The summed E-state index contributed by atoms with van der Waals surface area (Å²) in [6.07, 6.45) is 17.5. The third kappa shape index (κ3) is 9.78. The second kappa shape index (κ2) is 11.6. The lowest BCUT2D eigenvalue weighted by atomic mass is 9.63. The Hall–Kier alpha value is 0. The molecule has 0 aromatic carbocycles. The van der Waals surface area contributed by atoms with Crippen LogP contribution in [0, 0.1) is 39.9 Å². The topological polar surface area (TPSA) is 0 Å². The van der Waals surface area contributed by atoms with Crippen molar-refractivity contribution in [2.75, 3.05) is 0 Å². The van der Waals surface area contributed by atoms with E-state index >= 15 is 0 Å². The maximum absolute atomic E-state index is 2.49. The average Bonchev–Trinajstić information content (AvgIpc) is 3.08. The van der Waals surface area contributed by atoms with Gasteiger partial charge in [-0.15, -0.1) is 0 Å². The molecule has 2 fully saturated rings. The van der Waals surface area contributed by atoms with Crippen molar-refractivity contribution in [1.29, 1.82) is 0 Å². The Balaban J connectivity index is 0.000000594.